The number of alkyl halides is 2. The molecule has 1 amide bonds. The summed E-state index contributed by atoms with van der Waals surface area (Å²) in [7, 11) is 0. The molecule has 2 aromatic rings. The maximum absolute atomic E-state index is 12.7. The van der Waals surface area contributed by atoms with Gasteiger partial charge in [0.2, 0.25) is 5.91 Å². The molecule has 7 heteroatoms. The van der Waals surface area contributed by atoms with Gasteiger partial charge in [0, 0.05) is 25.7 Å². The van der Waals surface area contributed by atoms with E-state index in [0.717, 1.165) is 41.9 Å². The summed E-state index contributed by atoms with van der Waals surface area (Å²) in [5.41, 5.74) is 3.47. The molecule has 0 aliphatic carbocycles. The number of halogens is 2. The van der Waals surface area contributed by atoms with Crippen LogP contribution in [0.2, 0.25) is 0 Å². The van der Waals surface area contributed by atoms with Gasteiger partial charge in [0.15, 0.2) is 0 Å². The minimum absolute atomic E-state index is 0.0362. The first-order valence-corrected chi connectivity index (χ1v) is 9.91. The summed E-state index contributed by atoms with van der Waals surface area (Å²) in [6.45, 7) is 9.47. The molecule has 29 heavy (non-hydrogen) atoms. The topological polar surface area (TPSA) is 58.1 Å². The predicted octanol–water partition coefficient (Wildman–Crippen LogP) is 5.05. The molecular weight excluding hydrogens is 374 g/mol. The monoisotopic (exact) mass is 402 g/mol. The smallest absolute Gasteiger partial charge is 0.280 e. The zero-order valence-electron chi connectivity index (χ0n) is 17.4. The van der Waals surface area contributed by atoms with Crippen molar-refractivity contribution in [2.24, 2.45) is 5.41 Å². The molecule has 3 rings (SSSR count). The highest BCUT2D eigenvalue weighted by Gasteiger charge is 2.22. The fraction of sp³-hybridized carbons (Fsp3) is 0.500. The SMILES string of the molecule is Cc1cc2c(nc1NC(=O)CC(C)(C)C)CCCN2Cc1ccc(C(F)F)nc1. The van der Waals surface area contributed by atoms with Crippen molar-refractivity contribution in [2.75, 3.05) is 16.8 Å². The second-order valence-electron chi connectivity index (χ2n) is 8.82. The number of rotatable bonds is 5. The van der Waals surface area contributed by atoms with E-state index in [4.69, 9.17) is 4.98 Å². The number of aryl methyl sites for hydroxylation is 2. The third-order valence-electron chi connectivity index (χ3n) is 4.84. The molecule has 5 nitrogen and oxygen atoms in total. The Bertz CT molecular complexity index is 876. The number of nitrogens with one attached hydrogen (secondary N) is 1. The Morgan fingerprint density at radius 1 is 1.31 bits per heavy atom. The summed E-state index contributed by atoms with van der Waals surface area (Å²) in [4.78, 5) is 23.1. The maximum atomic E-state index is 12.7. The Balaban J connectivity index is 1.77. The molecule has 1 N–H and O–H groups in total. The molecule has 1 aliphatic rings. The van der Waals surface area contributed by atoms with Gasteiger partial charge in [0.25, 0.3) is 6.43 Å². The largest absolute Gasteiger partial charge is 0.366 e. The molecule has 0 bridgehead atoms. The van der Waals surface area contributed by atoms with Crippen LogP contribution in [0.3, 0.4) is 0 Å². The van der Waals surface area contributed by atoms with Crippen molar-refractivity contribution in [3.05, 3.63) is 46.9 Å². The van der Waals surface area contributed by atoms with E-state index in [-0.39, 0.29) is 17.0 Å². The van der Waals surface area contributed by atoms with E-state index in [2.05, 4.69) is 21.3 Å². The second-order valence-corrected chi connectivity index (χ2v) is 8.82. The highest BCUT2D eigenvalue weighted by atomic mass is 19.3. The molecule has 1 aliphatic heterocycles. The van der Waals surface area contributed by atoms with Crippen LogP contribution in [0.5, 0.6) is 0 Å². The average Bonchev–Trinajstić information content (AvgIpc) is 2.62. The van der Waals surface area contributed by atoms with E-state index in [1.54, 1.807) is 6.07 Å². The van der Waals surface area contributed by atoms with Gasteiger partial charge in [-0.15, -0.1) is 0 Å². The zero-order chi connectivity index (χ0) is 21.2. The van der Waals surface area contributed by atoms with E-state index in [9.17, 15) is 13.6 Å². The minimum Gasteiger partial charge on any atom is -0.366 e. The van der Waals surface area contributed by atoms with E-state index in [1.165, 1.54) is 12.3 Å². The van der Waals surface area contributed by atoms with Crippen LogP contribution in [0.4, 0.5) is 20.3 Å². The number of aromatic nitrogens is 2. The van der Waals surface area contributed by atoms with Crippen molar-refractivity contribution in [2.45, 2.75) is 59.9 Å². The fourth-order valence-electron chi connectivity index (χ4n) is 3.48. The van der Waals surface area contributed by atoms with Gasteiger partial charge in [0.1, 0.15) is 11.5 Å². The lowest BCUT2D eigenvalue weighted by molar-refractivity contribution is -0.117. The van der Waals surface area contributed by atoms with Gasteiger partial charge in [-0.2, -0.15) is 0 Å². The molecule has 0 fully saturated rings. The van der Waals surface area contributed by atoms with Crippen LogP contribution in [0.1, 0.15) is 62.6 Å². The van der Waals surface area contributed by atoms with Crippen LogP contribution in [0.15, 0.2) is 24.4 Å². The Kier molecular flexibility index (Phi) is 6.15. The Morgan fingerprint density at radius 3 is 2.69 bits per heavy atom. The molecule has 0 unspecified atom stereocenters. The quantitative estimate of drug-likeness (QED) is 0.760. The standard InChI is InChI=1S/C22H28F2N4O/c1-14-10-18-16(26-21(14)27-19(29)11-22(2,3)4)6-5-9-28(18)13-15-7-8-17(20(23)24)25-12-15/h7-8,10,12,20H,5-6,9,11,13H2,1-4H3,(H,26,27,29). The highest BCUT2D eigenvalue weighted by molar-refractivity contribution is 5.91. The van der Waals surface area contributed by atoms with E-state index in [1.807, 2.05) is 27.7 Å². The van der Waals surface area contributed by atoms with Crippen LogP contribution in [-0.4, -0.2) is 22.4 Å². The van der Waals surface area contributed by atoms with Crippen molar-refractivity contribution in [1.29, 1.82) is 0 Å². The van der Waals surface area contributed by atoms with Gasteiger partial charge in [-0.3, -0.25) is 9.78 Å². The molecule has 0 saturated heterocycles. The van der Waals surface area contributed by atoms with Gasteiger partial charge in [-0.1, -0.05) is 26.8 Å². The Hall–Kier alpha value is -2.57. The number of nitrogens with zero attached hydrogens (tertiary/aromatic N) is 3. The summed E-state index contributed by atoms with van der Waals surface area (Å²) in [6, 6.07) is 5.13. The second kappa shape index (κ2) is 8.43. The predicted molar refractivity (Wildman–Crippen MR) is 110 cm³/mol. The number of pyridine rings is 2. The molecule has 0 spiro atoms. The number of carbonyl (C=O) groups is 1. The molecule has 0 radical (unpaired) electrons. The van der Waals surface area contributed by atoms with Crippen LogP contribution in [0, 0.1) is 12.3 Å². The fourth-order valence-corrected chi connectivity index (χ4v) is 3.48. The summed E-state index contributed by atoms with van der Waals surface area (Å²) in [5.74, 6) is 0.578. The lowest BCUT2D eigenvalue weighted by Gasteiger charge is -2.31. The van der Waals surface area contributed by atoms with Gasteiger partial charge in [-0.05, 0) is 48.4 Å². The van der Waals surface area contributed by atoms with E-state index >= 15 is 0 Å². The number of hydrogen-bond acceptors (Lipinski definition) is 4. The van der Waals surface area contributed by atoms with Gasteiger partial charge in [-0.25, -0.2) is 13.8 Å². The first-order chi connectivity index (χ1) is 13.6. The maximum Gasteiger partial charge on any atom is 0.280 e. The molecule has 0 saturated carbocycles. The molecule has 3 heterocycles. The molecular formula is C22H28F2N4O. The lowest BCUT2D eigenvalue weighted by Crippen LogP contribution is -2.30. The van der Waals surface area contributed by atoms with Crippen molar-refractivity contribution in [3.8, 4) is 0 Å². The summed E-state index contributed by atoms with van der Waals surface area (Å²) in [5, 5.41) is 2.95. The van der Waals surface area contributed by atoms with Crippen molar-refractivity contribution < 1.29 is 13.6 Å². The summed E-state index contributed by atoms with van der Waals surface area (Å²) in [6.07, 6.45) is 1.17. The number of amides is 1. The first kappa shape index (κ1) is 21.1. The summed E-state index contributed by atoms with van der Waals surface area (Å²) < 4.78 is 25.4. The normalized spacial score (nSPS) is 14.1. The van der Waals surface area contributed by atoms with Crippen molar-refractivity contribution in [3.63, 3.8) is 0 Å². The molecule has 2 aromatic heterocycles. The number of carbonyl (C=O) groups excluding carboxylic acids is 1. The molecule has 156 valence electrons. The number of hydrogen-bond donors (Lipinski definition) is 1. The Morgan fingerprint density at radius 2 is 2.07 bits per heavy atom. The van der Waals surface area contributed by atoms with Crippen LogP contribution >= 0.6 is 0 Å². The third kappa shape index (κ3) is 5.49. The zero-order valence-corrected chi connectivity index (χ0v) is 17.4. The van der Waals surface area contributed by atoms with Crippen LogP contribution in [0.25, 0.3) is 0 Å². The van der Waals surface area contributed by atoms with Gasteiger partial charge < -0.3 is 10.2 Å². The highest BCUT2D eigenvalue weighted by Crippen LogP contribution is 2.31. The minimum atomic E-state index is -2.56. The van der Waals surface area contributed by atoms with Gasteiger partial charge in [0.05, 0.1) is 11.4 Å². The lowest BCUT2D eigenvalue weighted by atomic mass is 9.92. The summed E-state index contributed by atoms with van der Waals surface area (Å²) >= 11 is 0. The van der Waals surface area contributed by atoms with Gasteiger partial charge >= 0.3 is 0 Å². The van der Waals surface area contributed by atoms with Crippen molar-refractivity contribution in [1.82, 2.24) is 9.97 Å². The Labute approximate surface area is 170 Å². The third-order valence-corrected chi connectivity index (χ3v) is 4.84. The van der Waals surface area contributed by atoms with E-state index < -0.39 is 6.43 Å². The van der Waals surface area contributed by atoms with Crippen LogP contribution in [-0.2, 0) is 17.8 Å². The van der Waals surface area contributed by atoms with Crippen LogP contribution < -0.4 is 10.2 Å². The molecule has 0 aromatic carbocycles. The van der Waals surface area contributed by atoms with E-state index in [0.29, 0.717) is 18.8 Å². The molecule has 0 atom stereocenters. The van der Waals surface area contributed by atoms with Crippen molar-refractivity contribution >= 4 is 17.4 Å². The first-order valence-electron chi connectivity index (χ1n) is 9.91. The average molecular weight is 402 g/mol. The number of fused-ring (bicyclic) bond motifs is 1. The number of anilines is 2.